The molecule has 0 spiro atoms. The van der Waals surface area contributed by atoms with Gasteiger partial charge in [0.05, 0.1) is 5.92 Å². The summed E-state index contributed by atoms with van der Waals surface area (Å²) in [6.07, 6.45) is 30.8. The minimum absolute atomic E-state index is 0.00707. The zero-order chi connectivity index (χ0) is 24.7. The Bertz CT molecular complexity index is 703. The Labute approximate surface area is 220 Å². The van der Waals surface area contributed by atoms with Crippen molar-refractivity contribution in [1.82, 2.24) is 9.80 Å². The summed E-state index contributed by atoms with van der Waals surface area (Å²) in [7, 11) is 0. The van der Waals surface area contributed by atoms with E-state index < -0.39 is 0 Å². The van der Waals surface area contributed by atoms with Gasteiger partial charge in [-0.2, -0.15) is 0 Å². The minimum Gasteiger partial charge on any atom is -0.336 e. The van der Waals surface area contributed by atoms with Crippen LogP contribution in [-0.4, -0.2) is 45.8 Å². The zero-order valence-corrected chi connectivity index (χ0v) is 22.9. The molecule has 5 aliphatic rings. The van der Waals surface area contributed by atoms with E-state index in [-0.39, 0.29) is 11.8 Å². The maximum Gasteiger partial charge on any atom is 0.230 e. The maximum absolute atomic E-state index is 14.2. The first-order chi connectivity index (χ1) is 17.7. The molecule has 5 aliphatic carbocycles. The number of amides is 2. The monoisotopic (exact) mass is 496 g/mol. The van der Waals surface area contributed by atoms with Gasteiger partial charge in [-0.3, -0.25) is 9.59 Å². The fourth-order valence-electron chi connectivity index (χ4n) is 8.43. The molecule has 5 rings (SSSR count). The largest absolute Gasteiger partial charge is 0.336 e. The highest BCUT2D eigenvalue weighted by Crippen LogP contribution is 2.37. The summed E-state index contributed by atoms with van der Waals surface area (Å²) in [4.78, 5) is 33.2. The summed E-state index contributed by atoms with van der Waals surface area (Å²) in [6, 6.07) is 1.74. The normalized spacial score (nSPS) is 29.7. The Hall–Kier alpha value is -1.32. The molecule has 0 bridgehead atoms. The molecule has 0 N–H and O–H groups in total. The van der Waals surface area contributed by atoms with Crippen molar-refractivity contribution < 1.29 is 9.59 Å². The second-order valence-electron chi connectivity index (χ2n) is 12.9. The van der Waals surface area contributed by atoms with Crippen LogP contribution in [0.5, 0.6) is 0 Å². The lowest BCUT2D eigenvalue weighted by molar-refractivity contribution is -0.145. The standard InChI is InChI=1S/C32H52N2O2/c35-31(33(27-16-5-1-6-17-27)28-18-7-2-8-19-28)25-14-13-15-26(24-25)32(36)34(29-20-9-3-10-21-29)30-22-11-4-12-23-30/h13-14,25-30H,1-12,15-24H2. The van der Waals surface area contributed by atoms with Crippen LogP contribution in [0.15, 0.2) is 12.2 Å². The van der Waals surface area contributed by atoms with Crippen molar-refractivity contribution in [3.63, 3.8) is 0 Å². The highest BCUT2D eigenvalue weighted by Gasteiger charge is 2.40. The Morgan fingerprint density at radius 2 is 0.861 bits per heavy atom. The first kappa shape index (κ1) is 26.3. The summed E-state index contributed by atoms with van der Waals surface area (Å²) < 4.78 is 0. The van der Waals surface area contributed by atoms with Gasteiger partial charge in [0.1, 0.15) is 0 Å². The molecular weight excluding hydrogens is 444 g/mol. The molecule has 0 aromatic heterocycles. The highest BCUT2D eigenvalue weighted by atomic mass is 16.2. The van der Waals surface area contributed by atoms with Crippen LogP contribution in [0.1, 0.15) is 141 Å². The molecule has 0 aromatic rings. The summed E-state index contributed by atoms with van der Waals surface area (Å²) in [5, 5.41) is 0. The average molecular weight is 497 g/mol. The first-order valence-electron chi connectivity index (χ1n) is 16.0. The first-order valence-corrected chi connectivity index (χ1v) is 16.0. The van der Waals surface area contributed by atoms with Crippen molar-refractivity contribution in [2.75, 3.05) is 0 Å². The average Bonchev–Trinajstić information content (AvgIpc) is 2.96. The predicted octanol–water partition coefficient (Wildman–Crippen LogP) is 7.56. The van der Waals surface area contributed by atoms with Gasteiger partial charge in [-0.15, -0.1) is 0 Å². The molecule has 2 atom stereocenters. The van der Waals surface area contributed by atoms with Crippen molar-refractivity contribution in [3.8, 4) is 0 Å². The maximum atomic E-state index is 14.2. The van der Waals surface area contributed by atoms with Gasteiger partial charge in [0, 0.05) is 30.1 Å². The SMILES string of the molecule is O=C(C1C=CCC(C(=O)N(C2CCCCC2)C2CCCCC2)C1)N(C1CCCCC1)C1CCCCC1. The molecule has 202 valence electrons. The number of hydrogen-bond acceptors (Lipinski definition) is 2. The number of carbonyl (C=O) groups is 2. The summed E-state index contributed by atoms with van der Waals surface area (Å²) in [5.74, 6) is 0.630. The predicted molar refractivity (Wildman–Crippen MR) is 147 cm³/mol. The summed E-state index contributed by atoms with van der Waals surface area (Å²) in [5.41, 5.74) is 0. The Morgan fingerprint density at radius 3 is 1.25 bits per heavy atom. The van der Waals surface area contributed by atoms with Gasteiger partial charge < -0.3 is 9.80 Å². The Morgan fingerprint density at radius 1 is 0.500 bits per heavy atom. The fourth-order valence-corrected chi connectivity index (χ4v) is 8.43. The van der Waals surface area contributed by atoms with E-state index in [1.165, 1.54) is 128 Å². The number of allylic oxidation sites excluding steroid dienone is 1. The Balaban J connectivity index is 1.30. The molecule has 0 aromatic carbocycles. The molecule has 0 heterocycles. The summed E-state index contributed by atoms with van der Waals surface area (Å²) >= 11 is 0. The third-order valence-corrected chi connectivity index (χ3v) is 10.4. The second-order valence-corrected chi connectivity index (χ2v) is 12.9. The van der Waals surface area contributed by atoms with E-state index in [2.05, 4.69) is 22.0 Å². The van der Waals surface area contributed by atoms with E-state index in [0.717, 1.165) is 12.8 Å². The van der Waals surface area contributed by atoms with Crippen LogP contribution in [0, 0.1) is 11.8 Å². The van der Waals surface area contributed by atoms with Gasteiger partial charge in [-0.1, -0.05) is 89.2 Å². The number of nitrogens with zero attached hydrogens (tertiary/aromatic N) is 2. The zero-order valence-electron chi connectivity index (χ0n) is 22.9. The van der Waals surface area contributed by atoms with Crippen LogP contribution < -0.4 is 0 Å². The molecule has 4 saturated carbocycles. The minimum atomic E-state index is -0.101. The van der Waals surface area contributed by atoms with E-state index >= 15 is 0 Å². The molecule has 0 aliphatic heterocycles. The Kier molecular flexibility index (Phi) is 9.47. The molecule has 2 amide bonds. The van der Waals surface area contributed by atoms with Gasteiger partial charge >= 0.3 is 0 Å². The van der Waals surface area contributed by atoms with Crippen molar-refractivity contribution in [3.05, 3.63) is 12.2 Å². The molecule has 4 nitrogen and oxygen atoms in total. The van der Waals surface area contributed by atoms with E-state index in [1.54, 1.807) is 0 Å². The van der Waals surface area contributed by atoms with Crippen LogP contribution in [0.4, 0.5) is 0 Å². The smallest absolute Gasteiger partial charge is 0.230 e. The summed E-state index contributed by atoms with van der Waals surface area (Å²) in [6.45, 7) is 0. The molecule has 4 fully saturated rings. The third-order valence-electron chi connectivity index (χ3n) is 10.4. The van der Waals surface area contributed by atoms with Crippen LogP contribution in [0.3, 0.4) is 0 Å². The lowest BCUT2D eigenvalue weighted by atomic mass is 9.81. The second kappa shape index (κ2) is 13.0. The quantitative estimate of drug-likeness (QED) is 0.356. The van der Waals surface area contributed by atoms with E-state index in [0.29, 0.717) is 36.0 Å². The molecule has 0 radical (unpaired) electrons. The van der Waals surface area contributed by atoms with Crippen LogP contribution in [0.2, 0.25) is 0 Å². The van der Waals surface area contributed by atoms with Crippen LogP contribution in [-0.2, 0) is 9.59 Å². The molecular formula is C32H52N2O2. The lowest BCUT2D eigenvalue weighted by Gasteiger charge is -2.45. The van der Waals surface area contributed by atoms with Gasteiger partial charge in [0.25, 0.3) is 0 Å². The highest BCUT2D eigenvalue weighted by molar-refractivity contribution is 5.84. The number of hydrogen-bond donors (Lipinski definition) is 0. The molecule has 0 saturated heterocycles. The van der Waals surface area contributed by atoms with Crippen molar-refractivity contribution in [1.29, 1.82) is 0 Å². The van der Waals surface area contributed by atoms with Crippen LogP contribution in [0.25, 0.3) is 0 Å². The molecule has 2 unspecified atom stereocenters. The van der Waals surface area contributed by atoms with Crippen molar-refractivity contribution in [2.45, 2.75) is 165 Å². The van der Waals surface area contributed by atoms with Gasteiger partial charge in [-0.05, 0) is 64.2 Å². The lowest BCUT2D eigenvalue weighted by Crippen LogP contribution is -2.53. The van der Waals surface area contributed by atoms with Gasteiger partial charge in [0.15, 0.2) is 0 Å². The number of carbonyl (C=O) groups excluding carboxylic acids is 2. The van der Waals surface area contributed by atoms with Crippen molar-refractivity contribution >= 4 is 11.8 Å². The fraction of sp³-hybridized carbons (Fsp3) is 0.875. The molecule has 36 heavy (non-hydrogen) atoms. The third kappa shape index (κ3) is 6.21. The van der Waals surface area contributed by atoms with E-state index in [9.17, 15) is 9.59 Å². The number of rotatable bonds is 6. The van der Waals surface area contributed by atoms with Crippen molar-refractivity contribution in [2.24, 2.45) is 11.8 Å². The van der Waals surface area contributed by atoms with E-state index in [1.807, 2.05) is 0 Å². The molecule has 4 heteroatoms. The van der Waals surface area contributed by atoms with Gasteiger partial charge in [0.2, 0.25) is 11.8 Å². The van der Waals surface area contributed by atoms with Gasteiger partial charge in [-0.25, -0.2) is 0 Å². The topological polar surface area (TPSA) is 40.6 Å². The van der Waals surface area contributed by atoms with Crippen LogP contribution >= 0.6 is 0 Å². The van der Waals surface area contributed by atoms with E-state index in [4.69, 9.17) is 0 Å².